The van der Waals surface area contributed by atoms with Gasteiger partial charge in [-0.15, -0.1) is 0 Å². The highest BCUT2D eigenvalue weighted by Gasteiger charge is 2.15. The number of methoxy groups -OCH3 is 1. The lowest BCUT2D eigenvalue weighted by molar-refractivity contribution is 0.164. The third kappa shape index (κ3) is 8.90. The Labute approximate surface area is 114 Å². The van der Waals surface area contributed by atoms with E-state index < -0.39 is 0 Å². The molecule has 0 aliphatic heterocycles. The summed E-state index contributed by atoms with van der Waals surface area (Å²) in [6.07, 6.45) is 3.62. The molecule has 0 aromatic heterocycles. The molecule has 1 N–H and O–H groups in total. The molecule has 0 heterocycles. The van der Waals surface area contributed by atoms with Gasteiger partial charge in [-0.05, 0) is 31.7 Å². The van der Waals surface area contributed by atoms with Gasteiger partial charge in [0.15, 0.2) is 0 Å². The molecule has 110 valence electrons. The largest absolute Gasteiger partial charge is 0.385 e. The fraction of sp³-hybridized carbons (Fsp3) is 1.00. The monoisotopic (exact) mass is 258 g/mol. The predicted octanol–water partition coefficient (Wildman–Crippen LogP) is 2.76. The number of nitrogens with zero attached hydrogens (tertiary/aromatic N) is 1. The Bertz CT molecular complexity index is 170. The number of rotatable bonds is 12. The summed E-state index contributed by atoms with van der Waals surface area (Å²) in [6.45, 7) is 14.6. The van der Waals surface area contributed by atoms with Crippen molar-refractivity contribution < 1.29 is 4.74 Å². The molecular formula is C15H34N2O. The van der Waals surface area contributed by atoms with Gasteiger partial charge in [-0.2, -0.15) is 0 Å². The van der Waals surface area contributed by atoms with Gasteiger partial charge >= 0.3 is 0 Å². The summed E-state index contributed by atoms with van der Waals surface area (Å²) in [7, 11) is 1.76. The lowest BCUT2D eigenvalue weighted by Gasteiger charge is -2.32. The Balaban J connectivity index is 3.86. The van der Waals surface area contributed by atoms with Crippen molar-refractivity contribution in [2.45, 2.75) is 53.0 Å². The van der Waals surface area contributed by atoms with Gasteiger partial charge in [0.25, 0.3) is 0 Å². The van der Waals surface area contributed by atoms with Gasteiger partial charge in [0, 0.05) is 39.4 Å². The molecule has 18 heavy (non-hydrogen) atoms. The van der Waals surface area contributed by atoms with Gasteiger partial charge in [0.1, 0.15) is 0 Å². The quantitative estimate of drug-likeness (QED) is 0.545. The molecule has 0 aromatic rings. The van der Waals surface area contributed by atoms with Gasteiger partial charge < -0.3 is 10.1 Å². The Morgan fingerprint density at radius 3 is 2.28 bits per heavy atom. The second kappa shape index (κ2) is 11.9. The summed E-state index contributed by atoms with van der Waals surface area (Å²) in [6, 6.07) is 0.744. The Hall–Kier alpha value is -0.120. The van der Waals surface area contributed by atoms with Gasteiger partial charge in [-0.1, -0.05) is 27.7 Å². The second-order valence-electron chi connectivity index (χ2n) is 5.46. The normalized spacial score (nSPS) is 12.0. The van der Waals surface area contributed by atoms with Crippen molar-refractivity contribution in [1.82, 2.24) is 10.2 Å². The molecule has 3 heteroatoms. The van der Waals surface area contributed by atoms with Crippen molar-refractivity contribution in [3.8, 4) is 0 Å². The first-order chi connectivity index (χ1) is 8.65. The zero-order valence-corrected chi connectivity index (χ0v) is 13.2. The van der Waals surface area contributed by atoms with Gasteiger partial charge in [0.05, 0.1) is 0 Å². The van der Waals surface area contributed by atoms with E-state index >= 15 is 0 Å². The predicted molar refractivity (Wildman–Crippen MR) is 80.1 cm³/mol. The molecule has 0 radical (unpaired) electrons. The van der Waals surface area contributed by atoms with Gasteiger partial charge in [0.2, 0.25) is 0 Å². The third-order valence-corrected chi connectivity index (χ3v) is 3.34. The summed E-state index contributed by atoms with van der Waals surface area (Å²) in [5.74, 6) is 0.749. The van der Waals surface area contributed by atoms with Crippen molar-refractivity contribution in [1.29, 1.82) is 0 Å². The van der Waals surface area contributed by atoms with Crippen LogP contribution in [0.2, 0.25) is 0 Å². The molecule has 0 unspecified atom stereocenters. The molecule has 0 rings (SSSR count). The highest BCUT2D eigenvalue weighted by molar-refractivity contribution is 4.71. The number of hydrogen-bond donors (Lipinski definition) is 1. The van der Waals surface area contributed by atoms with E-state index in [1.54, 1.807) is 7.11 Å². The van der Waals surface area contributed by atoms with Gasteiger partial charge in [-0.3, -0.25) is 4.90 Å². The summed E-state index contributed by atoms with van der Waals surface area (Å²) in [5, 5.41) is 3.51. The van der Waals surface area contributed by atoms with E-state index in [2.05, 4.69) is 37.9 Å². The van der Waals surface area contributed by atoms with Crippen LogP contribution in [0.25, 0.3) is 0 Å². The fourth-order valence-corrected chi connectivity index (χ4v) is 2.39. The minimum atomic E-state index is 0.744. The maximum absolute atomic E-state index is 5.04. The smallest absolute Gasteiger partial charge is 0.0474 e. The molecule has 0 saturated carbocycles. The lowest BCUT2D eigenvalue weighted by atomic mass is 10.1. The molecule has 0 aliphatic carbocycles. The lowest BCUT2D eigenvalue weighted by Crippen LogP contribution is -2.41. The molecule has 0 aromatic carbocycles. The molecule has 3 nitrogen and oxygen atoms in total. The minimum Gasteiger partial charge on any atom is -0.385 e. The Morgan fingerprint density at radius 1 is 1.11 bits per heavy atom. The summed E-state index contributed by atoms with van der Waals surface area (Å²) < 4.78 is 5.04. The van der Waals surface area contributed by atoms with Crippen LogP contribution in [0.3, 0.4) is 0 Å². The number of ether oxygens (including phenoxy) is 1. The minimum absolute atomic E-state index is 0.744. The standard InChI is InChI=1S/C15H34N2O/c1-6-15(7-2)17(13-14(3)4)11-10-16-9-8-12-18-5/h14-16H,6-13H2,1-5H3. The topological polar surface area (TPSA) is 24.5 Å². The van der Waals surface area contributed by atoms with Crippen LogP contribution in [-0.2, 0) is 4.74 Å². The van der Waals surface area contributed by atoms with Gasteiger partial charge in [-0.25, -0.2) is 0 Å². The molecular weight excluding hydrogens is 224 g/mol. The van der Waals surface area contributed by atoms with Crippen molar-refractivity contribution >= 4 is 0 Å². The van der Waals surface area contributed by atoms with Crippen molar-refractivity contribution in [3.05, 3.63) is 0 Å². The first-order valence-electron chi connectivity index (χ1n) is 7.59. The molecule has 0 saturated heterocycles. The number of nitrogens with one attached hydrogen (secondary N) is 1. The molecule has 0 fully saturated rings. The van der Waals surface area contributed by atoms with Crippen LogP contribution in [0.4, 0.5) is 0 Å². The second-order valence-corrected chi connectivity index (χ2v) is 5.46. The van der Waals surface area contributed by atoms with E-state index in [1.165, 1.54) is 19.4 Å². The maximum Gasteiger partial charge on any atom is 0.0474 e. The van der Waals surface area contributed by atoms with Crippen LogP contribution in [0.1, 0.15) is 47.0 Å². The van der Waals surface area contributed by atoms with E-state index in [4.69, 9.17) is 4.74 Å². The van der Waals surface area contributed by atoms with E-state index in [1.807, 2.05) is 0 Å². The highest BCUT2D eigenvalue weighted by atomic mass is 16.5. The highest BCUT2D eigenvalue weighted by Crippen LogP contribution is 2.10. The van der Waals surface area contributed by atoms with E-state index in [9.17, 15) is 0 Å². The summed E-state index contributed by atoms with van der Waals surface area (Å²) in [5.41, 5.74) is 0. The van der Waals surface area contributed by atoms with E-state index in [-0.39, 0.29) is 0 Å². The van der Waals surface area contributed by atoms with Crippen molar-refractivity contribution in [2.75, 3.05) is 39.9 Å². The maximum atomic E-state index is 5.04. The van der Waals surface area contributed by atoms with Crippen LogP contribution in [-0.4, -0.2) is 50.8 Å². The van der Waals surface area contributed by atoms with Crippen molar-refractivity contribution in [3.63, 3.8) is 0 Å². The molecule has 0 amide bonds. The molecule has 0 aliphatic rings. The molecule has 0 spiro atoms. The zero-order chi connectivity index (χ0) is 13.8. The summed E-state index contributed by atoms with van der Waals surface area (Å²) >= 11 is 0. The van der Waals surface area contributed by atoms with Crippen LogP contribution < -0.4 is 5.32 Å². The first-order valence-corrected chi connectivity index (χ1v) is 7.59. The SMILES string of the molecule is CCC(CC)N(CCNCCCOC)CC(C)C. The molecule has 0 bridgehead atoms. The Morgan fingerprint density at radius 2 is 1.78 bits per heavy atom. The van der Waals surface area contributed by atoms with E-state index in [0.717, 1.165) is 44.6 Å². The fourth-order valence-electron chi connectivity index (χ4n) is 2.39. The van der Waals surface area contributed by atoms with Crippen molar-refractivity contribution in [2.24, 2.45) is 5.92 Å². The Kier molecular flexibility index (Phi) is 11.9. The molecule has 0 atom stereocenters. The average Bonchev–Trinajstić information content (AvgIpc) is 2.34. The number of hydrogen-bond acceptors (Lipinski definition) is 3. The zero-order valence-electron chi connectivity index (χ0n) is 13.2. The van der Waals surface area contributed by atoms with Crippen LogP contribution >= 0.6 is 0 Å². The van der Waals surface area contributed by atoms with Crippen LogP contribution in [0, 0.1) is 5.92 Å². The van der Waals surface area contributed by atoms with Crippen LogP contribution in [0.15, 0.2) is 0 Å². The van der Waals surface area contributed by atoms with E-state index in [0.29, 0.717) is 0 Å². The third-order valence-electron chi connectivity index (χ3n) is 3.34. The van der Waals surface area contributed by atoms with Crippen LogP contribution in [0.5, 0.6) is 0 Å². The average molecular weight is 258 g/mol. The summed E-state index contributed by atoms with van der Waals surface area (Å²) in [4.78, 5) is 2.65. The first kappa shape index (κ1) is 17.9.